The predicted molar refractivity (Wildman–Crippen MR) is 86.3 cm³/mol. The molecule has 0 aromatic heterocycles. The number of anilines is 3. The van der Waals surface area contributed by atoms with Crippen LogP contribution in [0.15, 0.2) is 30.3 Å². The SMILES string of the molecule is CC(C)Oc1cc(Nc2cc(Cl)ccc2Cl)c(N)cc1F. The molecule has 0 atom stereocenters. The van der Waals surface area contributed by atoms with E-state index < -0.39 is 5.82 Å². The van der Waals surface area contributed by atoms with E-state index in [-0.39, 0.29) is 17.5 Å². The molecule has 2 aromatic carbocycles. The molecular weight excluding hydrogens is 314 g/mol. The van der Waals surface area contributed by atoms with Crippen molar-refractivity contribution in [2.24, 2.45) is 0 Å². The van der Waals surface area contributed by atoms with Crippen LogP contribution in [-0.4, -0.2) is 6.10 Å². The van der Waals surface area contributed by atoms with Crippen molar-refractivity contribution < 1.29 is 9.13 Å². The maximum atomic E-state index is 13.8. The highest BCUT2D eigenvalue weighted by molar-refractivity contribution is 6.35. The van der Waals surface area contributed by atoms with Crippen molar-refractivity contribution in [1.82, 2.24) is 0 Å². The minimum absolute atomic E-state index is 0.125. The number of rotatable bonds is 4. The largest absolute Gasteiger partial charge is 0.488 e. The summed E-state index contributed by atoms with van der Waals surface area (Å²) in [6, 6.07) is 7.71. The Balaban J connectivity index is 2.37. The van der Waals surface area contributed by atoms with Crippen molar-refractivity contribution >= 4 is 40.3 Å². The van der Waals surface area contributed by atoms with Crippen LogP contribution < -0.4 is 15.8 Å². The van der Waals surface area contributed by atoms with Gasteiger partial charge in [-0.25, -0.2) is 4.39 Å². The molecule has 0 aliphatic heterocycles. The van der Waals surface area contributed by atoms with E-state index in [1.54, 1.807) is 18.2 Å². The van der Waals surface area contributed by atoms with Crippen molar-refractivity contribution in [1.29, 1.82) is 0 Å². The standard InChI is InChI=1S/C15H15Cl2FN2O/c1-8(2)21-15-7-14(12(19)6-11(15)18)20-13-5-9(16)3-4-10(13)17/h3-8,20H,19H2,1-2H3. The quantitative estimate of drug-likeness (QED) is 0.754. The maximum Gasteiger partial charge on any atom is 0.167 e. The molecule has 3 nitrogen and oxygen atoms in total. The molecule has 21 heavy (non-hydrogen) atoms. The van der Waals surface area contributed by atoms with Gasteiger partial charge in [-0.3, -0.25) is 0 Å². The lowest BCUT2D eigenvalue weighted by molar-refractivity contribution is 0.231. The van der Waals surface area contributed by atoms with E-state index >= 15 is 0 Å². The molecule has 112 valence electrons. The Morgan fingerprint density at radius 1 is 1.14 bits per heavy atom. The molecule has 0 saturated heterocycles. The molecule has 0 spiro atoms. The third-order valence-electron chi connectivity index (χ3n) is 2.66. The first-order valence-electron chi connectivity index (χ1n) is 6.34. The Morgan fingerprint density at radius 2 is 1.86 bits per heavy atom. The molecule has 6 heteroatoms. The van der Waals surface area contributed by atoms with Crippen LogP contribution in [0.2, 0.25) is 10.0 Å². The average molecular weight is 329 g/mol. The van der Waals surface area contributed by atoms with Crippen LogP contribution >= 0.6 is 23.2 Å². The zero-order chi connectivity index (χ0) is 15.6. The second kappa shape index (κ2) is 6.41. The van der Waals surface area contributed by atoms with Gasteiger partial charge in [0, 0.05) is 17.2 Å². The molecule has 0 unspecified atom stereocenters. The number of nitrogens with two attached hydrogens (primary N) is 1. The van der Waals surface area contributed by atoms with Gasteiger partial charge >= 0.3 is 0 Å². The van der Waals surface area contributed by atoms with Crippen molar-refractivity contribution in [2.75, 3.05) is 11.1 Å². The zero-order valence-electron chi connectivity index (χ0n) is 11.6. The molecule has 0 amide bonds. The fourth-order valence-corrected chi connectivity index (χ4v) is 2.10. The molecule has 0 aliphatic rings. The van der Waals surface area contributed by atoms with Crippen molar-refractivity contribution in [3.05, 3.63) is 46.2 Å². The monoisotopic (exact) mass is 328 g/mol. The Kier molecular flexibility index (Phi) is 4.80. The van der Waals surface area contributed by atoms with Crippen molar-refractivity contribution in [3.8, 4) is 5.75 Å². The second-order valence-electron chi connectivity index (χ2n) is 4.79. The number of ether oxygens (including phenoxy) is 1. The Bertz CT molecular complexity index is 662. The number of benzene rings is 2. The first-order valence-corrected chi connectivity index (χ1v) is 7.10. The maximum absolute atomic E-state index is 13.8. The van der Waals surface area contributed by atoms with Crippen LogP contribution in [0.5, 0.6) is 5.75 Å². The molecule has 0 bridgehead atoms. The third kappa shape index (κ3) is 3.93. The lowest BCUT2D eigenvalue weighted by atomic mass is 10.2. The van der Waals surface area contributed by atoms with Gasteiger partial charge < -0.3 is 15.8 Å². The Labute approximate surface area is 132 Å². The Hall–Kier alpha value is -1.65. The summed E-state index contributed by atoms with van der Waals surface area (Å²) in [5.41, 5.74) is 7.15. The smallest absolute Gasteiger partial charge is 0.167 e. The third-order valence-corrected chi connectivity index (χ3v) is 3.23. The lowest BCUT2D eigenvalue weighted by Gasteiger charge is -2.15. The molecular formula is C15H15Cl2FN2O. The summed E-state index contributed by atoms with van der Waals surface area (Å²) < 4.78 is 19.2. The molecule has 2 aromatic rings. The van der Waals surface area contributed by atoms with Gasteiger partial charge in [-0.2, -0.15) is 0 Å². The molecule has 0 heterocycles. The van der Waals surface area contributed by atoms with E-state index in [0.717, 1.165) is 0 Å². The van der Waals surface area contributed by atoms with Crippen LogP contribution in [0, 0.1) is 5.82 Å². The van der Waals surface area contributed by atoms with Crippen molar-refractivity contribution in [3.63, 3.8) is 0 Å². The van der Waals surface area contributed by atoms with E-state index in [1.807, 2.05) is 13.8 Å². The molecule has 3 N–H and O–H groups in total. The molecule has 0 saturated carbocycles. The highest BCUT2D eigenvalue weighted by Crippen LogP contribution is 2.34. The van der Waals surface area contributed by atoms with E-state index in [4.69, 9.17) is 33.7 Å². The number of nitrogens with one attached hydrogen (secondary N) is 1. The Morgan fingerprint density at radius 3 is 2.52 bits per heavy atom. The van der Waals surface area contributed by atoms with Crippen LogP contribution in [0.4, 0.5) is 21.5 Å². The first kappa shape index (κ1) is 15.7. The number of hydrogen-bond donors (Lipinski definition) is 2. The van der Waals surface area contributed by atoms with Gasteiger partial charge in [0.2, 0.25) is 0 Å². The first-order chi connectivity index (χ1) is 9.86. The van der Waals surface area contributed by atoms with Crippen LogP contribution in [0.3, 0.4) is 0 Å². The van der Waals surface area contributed by atoms with E-state index in [0.29, 0.717) is 21.4 Å². The fourth-order valence-electron chi connectivity index (χ4n) is 1.76. The van der Waals surface area contributed by atoms with Crippen LogP contribution in [0.1, 0.15) is 13.8 Å². The molecule has 0 aliphatic carbocycles. The second-order valence-corrected chi connectivity index (χ2v) is 5.63. The summed E-state index contributed by atoms with van der Waals surface area (Å²) in [5.74, 6) is -0.385. The number of nitrogen functional groups attached to an aromatic ring is 1. The van der Waals surface area contributed by atoms with E-state index in [2.05, 4.69) is 5.32 Å². The summed E-state index contributed by atoms with van der Waals surface area (Å²) in [5, 5.41) is 4.04. The summed E-state index contributed by atoms with van der Waals surface area (Å²) in [6.45, 7) is 3.63. The van der Waals surface area contributed by atoms with Gasteiger partial charge in [0.1, 0.15) is 0 Å². The van der Waals surface area contributed by atoms with Gasteiger partial charge in [0.05, 0.1) is 28.2 Å². The molecule has 0 fully saturated rings. The minimum Gasteiger partial charge on any atom is -0.488 e. The van der Waals surface area contributed by atoms with Gasteiger partial charge in [-0.05, 0) is 32.0 Å². The minimum atomic E-state index is -0.510. The highest BCUT2D eigenvalue weighted by atomic mass is 35.5. The zero-order valence-corrected chi connectivity index (χ0v) is 13.1. The summed E-state index contributed by atoms with van der Waals surface area (Å²) in [7, 11) is 0. The summed E-state index contributed by atoms with van der Waals surface area (Å²) in [4.78, 5) is 0. The van der Waals surface area contributed by atoms with Gasteiger partial charge in [-0.1, -0.05) is 23.2 Å². The number of halogens is 3. The van der Waals surface area contributed by atoms with E-state index in [1.165, 1.54) is 12.1 Å². The van der Waals surface area contributed by atoms with Crippen LogP contribution in [0.25, 0.3) is 0 Å². The van der Waals surface area contributed by atoms with Crippen molar-refractivity contribution in [2.45, 2.75) is 20.0 Å². The average Bonchev–Trinajstić information content (AvgIpc) is 2.39. The van der Waals surface area contributed by atoms with E-state index in [9.17, 15) is 4.39 Å². The van der Waals surface area contributed by atoms with Gasteiger partial charge in [0.15, 0.2) is 11.6 Å². The normalized spacial score (nSPS) is 10.8. The summed E-state index contributed by atoms with van der Waals surface area (Å²) in [6.07, 6.45) is -0.147. The molecule has 0 radical (unpaired) electrons. The lowest BCUT2D eigenvalue weighted by Crippen LogP contribution is -2.08. The fraction of sp³-hybridized carbons (Fsp3) is 0.200. The topological polar surface area (TPSA) is 47.3 Å². The van der Waals surface area contributed by atoms with Gasteiger partial charge in [0.25, 0.3) is 0 Å². The van der Waals surface area contributed by atoms with Crippen LogP contribution in [-0.2, 0) is 0 Å². The predicted octanol–water partition coefficient (Wildman–Crippen LogP) is 5.25. The molecule has 2 rings (SSSR count). The highest BCUT2D eigenvalue weighted by Gasteiger charge is 2.12. The summed E-state index contributed by atoms with van der Waals surface area (Å²) >= 11 is 12.0. The number of hydrogen-bond acceptors (Lipinski definition) is 3. The van der Waals surface area contributed by atoms with Gasteiger partial charge in [-0.15, -0.1) is 0 Å².